The molecule has 0 bridgehead atoms. The number of nitrogens with one attached hydrogen (secondary N) is 1. The fourth-order valence-corrected chi connectivity index (χ4v) is 1.57. The molecule has 16 heavy (non-hydrogen) atoms. The van der Waals surface area contributed by atoms with Crippen LogP contribution in [0.5, 0.6) is 5.75 Å². The van der Waals surface area contributed by atoms with E-state index in [1.807, 2.05) is 0 Å². The Labute approximate surface area is 103 Å². The molecule has 0 fully saturated rings. The summed E-state index contributed by atoms with van der Waals surface area (Å²) < 4.78 is 5.73. The van der Waals surface area contributed by atoms with Crippen molar-refractivity contribution in [2.75, 3.05) is 13.7 Å². The van der Waals surface area contributed by atoms with Crippen molar-refractivity contribution >= 4 is 21.8 Å². The van der Waals surface area contributed by atoms with Gasteiger partial charge in [-0.3, -0.25) is 4.79 Å². The number of amides is 1. The number of halogens is 1. The van der Waals surface area contributed by atoms with Crippen LogP contribution in [0.15, 0.2) is 22.7 Å². The highest BCUT2D eigenvalue weighted by Gasteiger charge is 2.11. The van der Waals surface area contributed by atoms with Crippen LogP contribution in [0.1, 0.15) is 17.3 Å². The third-order valence-electron chi connectivity index (χ3n) is 1.98. The van der Waals surface area contributed by atoms with Gasteiger partial charge in [-0.1, -0.05) is 0 Å². The number of hydrogen-bond acceptors (Lipinski definition) is 3. The standard InChI is InChI=1S/C11H14BrNO3/c1-7(14)6-13-11(15)9-5-8(16-2)3-4-10(9)12/h3-5,7,14H,6H2,1-2H3,(H,13,15)/t7-/m0/s1. The van der Waals surface area contributed by atoms with Gasteiger partial charge in [0.05, 0.1) is 18.8 Å². The topological polar surface area (TPSA) is 58.6 Å². The van der Waals surface area contributed by atoms with E-state index in [1.165, 1.54) is 0 Å². The Hall–Kier alpha value is -1.07. The number of benzene rings is 1. The molecule has 0 aliphatic rings. The summed E-state index contributed by atoms with van der Waals surface area (Å²) in [4.78, 5) is 11.7. The van der Waals surface area contributed by atoms with Crippen molar-refractivity contribution in [2.45, 2.75) is 13.0 Å². The number of aliphatic hydroxyl groups is 1. The quantitative estimate of drug-likeness (QED) is 0.884. The molecule has 0 radical (unpaired) electrons. The highest BCUT2D eigenvalue weighted by atomic mass is 79.9. The second kappa shape index (κ2) is 5.86. The Morgan fingerprint density at radius 2 is 2.31 bits per heavy atom. The summed E-state index contributed by atoms with van der Waals surface area (Å²) >= 11 is 3.29. The van der Waals surface area contributed by atoms with Crippen LogP contribution in [-0.2, 0) is 0 Å². The minimum absolute atomic E-state index is 0.225. The molecule has 5 heteroatoms. The van der Waals surface area contributed by atoms with Gasteiger partial charge in [0.1, 0.15) is 5.75 Å². The Bertz CT molecular complexity index is 379. The summed E-state index contributed by atoms with van der Waals surface area (Å²) in [5.74, 6) is 0.372. The minimum Gasteiger partial charge on any atom is -0.497 e. The molecule has 4 nitrogen and oxygen atoms in total. The van der Waals surface area contributed by atoms with Crippen LogP contribution in [0, 0.1) is 0 Å². The molecule has 0 saturated carbocycles. The van der Waals surface area contributed by atoms with E-state index in [0.29, 0.717) is 15.8 Å². The number of ether oxygens (including phenoxy) is 1. The summed E-state index contributed by atoms with van der Waals surface area (Å²) in [6, 6.07) is 5.15. The van der Waals surface area contributed by atoms with Gasteiger partial charge in [0.2, 0.25) is 0 Å². The van der Waals surface area contributed by atoms with Crippen molar-refractivity contribution in [3.05, 3.63) is 28.2 Å². The molecule has 1 rings (SSSR count). The maximum atomic E-state index is 11.7. The first-order valence-electron chi connectivity index (χ1n) is 4.84. The van der Waals surface area contributed by atoms with Gasteiger partial charge in [-0.25, -0.2) is 0 Å². The van der Waals surface area contributed by atoms with E-state index in [2.05, 4.69) is 21.2 Å². The minimum atomic E-state index is -0.562. The van der Waals surface area contributed by atoms with Crippen molar-refractivity contribution in [3.63, 3.8) is 0 Å². The van der Waals surface area contributed by atoms with E-state index in [0.717, 1.165) is 0 Å². The predicted molar refractivity (Wildman–Crippen MR) is 64.7 cm³/mol. The van der Waals surface area contributed by atoms with E-state index < -0.39 is 6.10 Å². The van der Waals surface area contributed by atoms with Crippen LogP contribution in [-0.4, -0.2) is 30.8 Å². The van der Waals surface area contributed by atoms with Crippen molar-refractivity contribution in [3.8, 4) is 5.75 Å². The monoisotopic (exact) mass is 287 g/mol. The first-order valence-corrected chi connectivity index (χ1v) is 5.63. The van der Waals surface area contributed by atoms with Crippen molar-refractivity contribution < 1.29 is 14.6 Å². The summed E-state index contributed by atoms with van der Waals surface area (Å²) in [6.07, 6.45) is -0.562. The zero-order valence-corrected chi connectivity index (χ0v) is 10.7. The molecule has 0 aliphatic carbocycles. The number of carbonyl (C=O) groups is 1. The van der Waals surface area contributed by atoms with Crippen LogP contribution in [0.4, 0.5) is 0 Å². The molecule has 0 aromatic heterocycles. The van der Waals surface area contributed by atoms with Crippen molar-refractivity contribution in [2.24, 2.45) is 0 Å². The third kappa shape index (κ3) is 3.50. The van der Waals surface area contributed by atoms with E-state index in [4.69, 9.17) is 9.84 Å². The van der Waals surface area contributed by atoms with Crippen LogP contribution < -0.4 is 10.1 Å². The number of aliphatic hydroxyl groups excluding tert-OH is 1. The molecule has 1 aromatic carbocycles. The van der Waals surface area contributed by atoms with Gasteiger partial charge >= 0.3 is 0 Å². The molecule has 88 valence electrons. The van der Waals surface area contributed by atoms with Crippen LogP contribution in [0.25, 0.3) is 0 Å². The maximum absolute atomic E-state index is 11.7. The Morgan fingerprint density at radius 3 is 2.88 bits per heavy atom. The van der Waals surface area contributed by atoms with Gasteiger partial charge in [-0.05, 0) is 41.1 Å². The predicted octanol–water partition coefficient (Wildman–Crippen LogP) is 1.57. The fourth-order valence-electron chi connectivity index (χ4n) is 1.14. The Morgan fingerprint density at radius 1 is 1.62 bits per heavy atom. The van der Waals surface area contributed by atoms with Gasteiger partial charge in [-0.2, -0.15) is 0 Å². The van der Waals surface area contributed by atoms with Crippen LogP contribution in [0.2, 0.25) is 0 Å². The molecule has 0 heterocycles. The maximum Gasteiger partial charge on any atom is 0.252 e. The lowest BCUT2D eigenvalue weighted by Gasteiger charge is -2.09. The number of hydrogen-bond donors (Lipinski definition) is 2. The third-order valence-corrected chi connectivity index (χ3v) is 2.67. The molecule has 1 atom stereocenters. The Balaban J connectivity index is 2.81. The number of rotatable bonds is 4. The lowest BCUT2D eigenvalue weighted by atomic mass is 10.2. The molecule has 0 spiro atoms. The largest absolute Gasteiger partial charge is 0.497 e. The summed E-state index contributed by atoms with van der Waals surface area (Å²) in [5.41, 5.74) is 0.486. The lowest BCUT2D eigenvalue weighted by Crippen LogP contribution is -2.30. The van der Waals surface area contributed by atoms with E-state index >= 15 is 0 Å². The second-order valence-corrected chi connectivity index (χ2v) is 4.26. The summed E-state index contributed by atoms with van der Waals surface area (Å²) in [7, 11) is 1.54. The molecule has 2 N–H and O–H groups in total. The van der Waals surface area contributed by atoms with E-state index in [-0.39, 0.29) is 12.5 Å². The normalized spacial score (nSPS) is 12.0. The molecular weight excluding hydrogens is 274 g/mol. The van der Waals surface area contributed by atoms with E-state index in [1.54, 1.807) is 32.2 Å². The average Bonchev–Trinajstić information content (AvgIpc) is 2.26. The first-order chi connectivity index (χ1) is 7.54. The van der Waals surface area contributed by atoms with Gasteiger partial charge in [0.15, 0.2) is 0 Å². The summed E-state index contributed by atoms with van der Waals surface area (Å²) in [5, 5.41) is 11.7. The van der Waals surface area contributed by atoms with Gasteiger partial charge in [0, 0.05) is 11.0 Å². The Kier molecular flexibility index (Phi) is 4.76. The van der Waals surface area contributed by atoms with Crippen molar-refractivity contribution in [1.29, 1.82) is 0 Å². The molecule has 1 aromatic rings. The second-order valence-electron chi connectivity index (χ2n) is 3.40. The smallest absolute Gasteiger partial charge is 0.252 e. The molecule has 1 amide bonds. The van der Waals surface area contributed by atoms with Gasteiger partial charge in [-0.15, -0.1) is 0 Å². The highest BCUT2D eigenvalue weighted by molar-refractivity contribution is 9.10. The van der Waals surface area contributed by atoms with Gasteiger partial charge < -0.3 is 15.2 Å². The summed E-state index contributed by atoms with van der Waals surface area (Å²) in [6.45, 7) is 1.84. The molecule has 0 aliphatic heterocycles. The van der Waals surface area contributed by atoms with Crippen molar-refractivity contribution in [1.82, 2.24) is 5.32 Å². The lowest BCUT2D eigenvalue weighted by molar-refractivity contribution is 0.0923. The van der Waals surface area contributed by atoms with E-state index in [9.17, 15) is 4.79 Å². The van der Waals surface area contributed by atoms with Crippen LogP contribution in [0.3, 0.4) is 0 Å². The number of methoxy groups -OCH3 is 1. The fraction of sp³-hybridized carbons (Fsp3) is 0.364. The first kappa shape index (κ1) is 13.0. The SMILES string of the molecule is COc1ccc(Br)c(C(=O)NC[C@H](C)O)c1. The molecule has 0 saturated heterocycles. The molecule has 0 unspecified atom stereocenters. The molecular formula is C11H14BrNO3. The zero-order chi connectivity index (χ0) is 12.1. The van der Waals surface area contributed by atoms with Crippen LogP contribution >= 0.6 is 15.9 Å². The zero-order valence-electron chi connectivity index (χ0n) is 9.16. The average molecular weight is 288 g/mol. The highest BCUT2D eigenvalue weighted by Crippen LogP contribution is 2.22. The van der Waals surface area contributed by atoms with Gasteiger partial charge in [0.25, 0.3) is 5.91 Å². The number of carbonyl (C=O) groups excluding carboxylic acids is 1.